The highest BCUT2D eigenvalue weighted by atomic mass is 19.1. The number of nitrogens with zero attached hydrogens (tertiary/aromatic N) is 2. The fraction of sp³-hybridized carbons (Fsp3) is 0.375. The average Bonchev–Trinajstić information content (AvgIpc) is 3.46. The predicted molar refractivity (Wildman–Crippen MR) is 118 cm³/mol. The molecule has 7 heteroatoms. The first-order valence-corrected chi connectivity index (χ1v) is 10.8. The van der Waals surface area contributed by atoms with Crippen molar-refractivity contribution in [1.29, 1.82) is 0 Å². The minimum absolute atomic E-state index is 0.132. The van der Waals surface area contributed by atoms with Gasteiger partial charge in [0, 0.05) is 36.3 Å². The zero-order valence-electron chi connectivity index (χ0n) is 17.7. The Morgan fingerprint density at radius 2 is 1.87 bits per heavy atom. The van der Waals surface area contributed by atoms with Gasteiger partial charge in [-0.25, -0.2) is 4.39 Å². The molecule has 0 atom stereocenters. The van der Waals surface area contributed by atoms with Gasteiger partial charge in [0.25, 0.3) is 0 Å². The van der Waals surface area contributed by atoms with Crippen molar-refractivity contribution in [3.63, 3.8) is 0 Å². The van der Waals surface area contributed by atoms with Crippen LogP contribution in [0.3, 0.4) is 0 Å². The third-order valence-electron chi connectivity index (χ3n) is 5.70. The number of rotatable bonds is 8. The molecule has 1 saturated carbocycles. The van der Waals surface area contributed by atoms with Crippen molar-refractivity contribution >= 4 is 17.3 Å². The summed E-state index contributed by atoms with van der Waals surface area (Å²) in [7, 11) is 0. The standard InChI is InChI=1S/C24H27FN4O2/c1-16-6-7-18(14-21(16)25)24-28-23(31-29-24)13-12-22(30)27-20-10-8-19(9-11-20)26-15-17-4-2-3-5-17/h6-11,14,17,26H,2-5,12-13,15H2,1H3,(H,27,30). The van der Waals surface area contributed by atoms with E-state index in [4.69, 9.17) is 4.52 Å². The molecule has 6 nitrogen and oxygen atoms in total. The number of hydrogen-bond donors (Lipinski definition) is 2. The zero-order chi connectivity index (χ0) is 21.6. The van der Waals surface area contributed by atoms with Crippen LogP contribution < -0.4 is 10.6 Å². The van der Waals surface area contributed by atoms with Crippen LogP contribution in [0.15, 0.2) is 47.0 Å². The van der Waals surface area contributed by atoms with Gasteiger partial charge in [-0.1, -0.05) is 30.1 Å². The van der Waals surface area contributed by atoms with E-state index in [-0.39, 0.29) is 18.1 Å². The smallest absolute Gasteiger partial charge is 0.227 e. The van der Waals surface area contributed by atoms with E-state index >= 15 is 0 Å². The molecule has 3 aromatic rings. The SMILES string of the molecule is Cc1ccc(-c2noc(CCC(=O)Nc3ccc(NCC4CCCC4)cc3)n2)cc1F. The van der Waals surface area contributed by atoms with Crippen LogP contribution in [0, 0.1) is 18.7 Å². The Morgan fingerprint density at radius 3 is 2.61 bits per heavy atom. The summed E-state index contributed by atoms with van der Waals surface area (Å²) in [6, 6.07) is 12.5. The molecule has 0 aliphatic heterocycles. The van der Waals surface area contributed by atoms with Gasteiger partial charge < -0.3 is 15.2 Å². The van der Waals surface area contributed by atoms with E-state index in [9.17, 15) is 9.18 Å². The summed E-state index contributed by atoms with van der Waals surface area (Å²) in [6.07, 6.45) is 5.83. The van der Waals surface area contributed by atoms with E-state index in [0.29, 0.717) is 29.3 Å². The van der Waals surface area contributed by atoms with Gasteiger partial charge in [0.05, 0.1) is 0 Å². The van der Waals surface area contributed by atoms with Gasteiger partial charge in [-0.3, -0.25) is 4.79 Å². The fourth-order valence-corrected chi connectivity index (χ4v) is 3.80. The molecular formula is C24H27FN4O2. The molecule has 4 rings (SSSR count). The lowest BCUT2D eigenvalue weighted by molar-refractivity contribution is -0.116. The van der Waals surface area contributed by atoms with Crippen molar-refractivity contribution in [3.8, 4) is 11.4 Å². The van der Waals surface area contributed by atoms with E-state index in [2.05, 4.69) is 20.8 Å². The molecule has 2 aromatic carbocycles. The molecule has 0 saturated heterocycles. The van der Waals surface area contributed by atoms with Crippen molar-refractivity contribution in [1.82, 2.24) is 10.1 Å². The first-order chi connectivity index (χ1) is 15.1. The number of anilines is 2. The van der Waals surface area contributed by atoms with Crippen molar-refractivity contribution in [2.24, 2.45) is 5.92 Å². The van der Waals surface area contributed by atoms with Gasteiger partial charge in [0.15, 0.2) is 0 Å². The monoisotopic (exact) mass is 422 g/mol. The van der Waals surface area contributed by atoms with Crippen LogP contribution in [-0.4, -0.2) is 22.6 Å². The minimum Gasteiger partial charge on any atom is -0.385 e. The third-order valence-corrected chi connectivity index (χ3v) is 5.70. The largest absolute Gasteiger partial charge is 0.385 e. The van der Waals surface area contributed by atoms with Crippen LogP contribution >= 0.6 is 0 Å². The molecule has 162 valence electrons. The first-order valence-electron chi connectivity index (χ1n) is 10.8. The minimum atomic E-state index is -0.317. The molecule has 1 aliphatic rings. The Balaban J connectivity index is 1.24. The van der Waals surface area contributed by atoms with Crippen LogP contribution in [0.1, 0.15) is 43.6 Å². The van der Waals surface area contributed by atoms with Gasteiger partial charge in [-0.05, 0) is 61.6 Å². The Hall–Kier alpha value is -3.22. The molecule has 1 aliphatic carbocycles. The van der Waals surface area contributed by atoms with Crippen molar-refractivity contribution in [2.45, 2.75) is 45.4 Å². The molecule has 1 aromatic heterocycles. The summed E-state index contributed by atoms with van der Waals surface area (Å²) in [4.78, 5) is 16.5. The Labute approximate surface area is 181 Å². The lowest BCUT2D eigenvalue weighted by Gasteiger charge is -2.12. The summed E-state index contributed by atoms with van der Waals surface area (Å²) in [5.41, 5.74) is 2.92. The highest BCUT2D eigenvalue weighted by Crippen LogP contribution is 2.25. The van der Waals surface area contributed by atoms with E-state index < -0.39 is 0 Å². The van der Waals surface area contributed by atoms with Gasteiger partial charge in [-0.15, -0.1) is 0 Å². The fourth-order valence-electron chi connectivity index (χ4n) is 3.80. The number of nitrogens with one attached hydrogen (secondary N) is 2. The van der Waals surface area contributed by atoms with Crippen LogP contribution in [0.4, 0.5) is 15.8 Å². The second-order valence-electron chi connectivity index (χ2n) is 8.13. The normalized spacial score (nSPS) is 14.0. The molecule has 2 N–H and O–H groups in total. The topological polar surface area (TPSA) is 80.0 Å². The highest BCUT2D eigenvalue weighted by molar-refractivity contribution is 5.90. The maximum atomic E-state index is 13.7. The summed E-state index contributed by atoms with van der Waals surface area (Å²) >= 11 is 0. The molecule has 1 heterocycles. The van der Waals surface area contributed by atoms with Gasteiger partial charge in [0.1, 0.15) is 5.82 Å². The molecule has 0 unspecified atom stereocenters. The highest BCUT2D eigenvalue weighted by Gasteiger charge is 2.15. The Kier molecular flexibility index (Phi) is 6.60. The molecule has 1 fully saturated rings. The predicted octanol–water partition coefficient (Wildman–Crippen LogP) is 5.36. The summed E-state index contributed by atoms with van der Waals surface area (Å²) in [6.45, 7) is 2.70. The second kappa shape index (κ2) is 9.73. The number of benzene rings is 2. The molecule has 0 bridgehead atoms. The third kappa shape index (κ3) is 5.69. The number of amides is 1. The van der Waals surface area contributed by atoms with Crippen molar-refractivity contribution in [3.05, 3.63) is 59.7 Å². The number of hydrogen-bond acceptors (Lipinski definition) is 5. The first kappa shape index (κ1) is 21.0. The molecular weight excluding hydrogens is 395 g/mol. The Morgan fingerprint density at radius 1 is 1.13 bits per heavy atom. The molecule has 0 radical (unpaired) electrons. The number of carbonyl (C=O) groups is 1. The Bertz CT molecular complexity index is 1030. The van der Waals surface area contributed by atoms with Crippen LogP contribution in [0.25, 0.3) is 11.4 Å². The second-order valence-corrected chi connectivity index (χ2v) is 8.13. The van der Waals surface area contributed by atoms with Gasteiger partial charge in [-0.2, -0.15) is 4.98 Å². The maximum absolute atomic E-state index is 13.7. The quantitative estimate of drug-likeness (QED) is 0.511. The van der Waals surface area contributed by atoms with Gasteiger partial charge in [0.2, 0.25) is 17.6 Å². The number of carbonyl (C=O) groups excluding carboxylic acids is 1. The number of aromatic nitrogens is 2. The lowest BCUT2D eigenvalue weighted by Crippen LogP contribution is -2.13. The van der Waals surface area contributed by atoms with E-state index in [1.165, 1.54) is 31.7 Å². The van der Waals surface area contributed by atoms with Crippen LogP contribution in [0.5, 0.6) is 0 Å². The molecule has 31 heavy (non-hydrogen) atoms. The summed E-state index contributed by atoms with van der Waals surface area (Å²) in [5.74, 6) is 0.984. The lowest BCUT2D eigenvalue weighted by atomic mass is 10.1. The molecule has 0 spiro atoms. The maximum Gasteiger partial charge on any atom is 0.227 e. The summed E-state index contributed by atoms with van der Waals surface area (Å²) < 4.78 is 18.9. The van der Waals surface area contributed by atoms with E-state index in [1.807, 2.05) is 24.3 Å². The average molecular weight is 423 g/mol. The van der Waals surface area contributed by atoms with Crippen LogP contribution in [0.2, 0.25) is 0 Å². The van der Waals surface area contributed by atoms with E-state index in [0.717, 1.165) is 23.8 Å². The number of aryl methyl sites for hydroxylation is 2. The van der Waals surface area contributed by atoms with Crippen LogP contribution in [-0.2, 0) is 11.2 Å². The van der Waals surface area contributed by atoms with Crippen molar-refractivity contribution in [2.75, 3.05) is 17.2 Å². The van der Waals surface area contributed by atoms with Crippen molar-refractivity contribution < 1.29 is 13.7 Å². The summed E-state index contributed by atoms with van der Waals surface area (Å²) in [5, 5.41) is 10.2. The number of halogens is 1. The molecule has 1 amide bonds. The zero-order valence-corrected chi connectivity index (χ0v) is 17.7. The van der Waals surface area contributed by atoms with Gasteiger partial charge >= 0.3 is 0 Å². The van der Waals surface area contributed by atoms with E-state index in [1.54, 1.807) is 19.1 Å².